The van der Waals surface area contributed by atoms with Gasteiger partial charge in [-0.2, -0.15) is 0 Å². The summed E-state index contributed by atoms with van der Waals surface area (Å²) in [5.74, 6) is 1.50. The average molecular weight is 254 g/mol. The number of hydrogen-bond acceptors (Lipinski definition) is 0. The number of rotatable bonds is 4. The third kappa shape index (κ3) is 2.31. The lowest BCUT2D eigenvalue weighted by atomic mass is 9.76. The molecule has 0 amide bonds. The first-order chi connectivity index (χ1) is 9.31. The van der Waals surface area contributed by atoms with Crippen molar-refractivity contribution in [2.75, 3.05) is 0 Å². The van der Waals surface area contributed by atoms with E-state index in [2.05, 4.69) is 38.1 Å². The van der Waals surface area contributed by atoms with Crippen LogP contribution in [0.15, 0.2) is 30.0 Å². The van der Waals surface area contributed by atoms with Crippen LogP contribution in [0.5, 0.6) is 0 Å². The van der Waals surface area contributed by atoms with Crippen LogP contribution in [0.1, 0.15) is 57.9 Å². The van der Waals surface area contributed by atoms with Crippen LogP contribution in [-0.4, -0.2) is 0 Å². The summed E-state index contributed by atoms with van der Waals surface area (Å²) in [4.78, 5) is 0. The molecular formula is C18H24N. The Hall–Kier alpha value is -1.24. The molecule has 2 atom stereocenters. The van der Waals surface area contributed by atoms with Crippen molar-refractivity contribution in [1.29, 1.82) is 0 Å². The molecule has 1 heterocycles. The first-order valence-electron chi connectivity index (χ1n) is 7.85. The second-order valence-corrected chi connectivity index (χ2v) is 6.11. The third-order valence-electron chi connectivity index (χ3n) is 4.79. The zero-order chi connectivity index (χ0) is 13.2. The van der Waals surface area contributed by atoms with Gasteiger partial charge in [0.2, 0.25) is 0 Å². The Labute approximate surface area is 117 Å². The van der Waals surface area contributed by atoms with Crippen LogP contribution in [0.2, 0.25) is 0 Å². The van der Waals surface area contributed by atoms with Crippen molar-refractivity contribution in [2.24, 2.45) is 11.8 Å². The lowest BCUT2D eigenvalue weighted by molar-refractivity contribution is 0.334. The van der Waals surface area contributed by atoms with E-state index >= 15 is 0 Å². The van der Waals surface area contributed by atoms with Crippen LogP contribution in [-0.2, 0) is 0 Å². The smallest absolute Gasteiger partial charge is 0.0708 e. The SMILES string of the molecule is CCCCCC1C2=C(CCC1C)c1ccccc1[N]2. The second kappa shape index (κ2) is 5.40. The molecule has 0 spiro atoms. The van der Waals surface area contributed by atoms with Gasteiger partial charge in [0, 0.05) is 17.2 Å². The minimum atomic E-state index is 0.697. The lowest BCUT2D eigenvalue weighted by Gasteiger charge is -2.30. The minimum absolute atomic E-state index is 0.697. The zero-order valence-electron chi connectivity index (χ0n) is 12.2. The van der Waals surface area contributed by atoms with E-state index in [1.165, 1.54) is 55.5 Å². The van der Waals surface area contributed by atoms with Crippen molar-refractivity contribution in [3.8, 4) is 0 Å². The highest BCUT2D eigenvalue weighted by Gasteiger charge is 2.34. The summed E-state index contributed by atoms with van der Waals surface area (Å²) in [6.07, 6.45) is 7.91. The van der Waals surface area contributed by atoms with Crippen LogP contribution in [0, 0.1) is 11.8 Å². The molecular weight excluding hydrogens is 230 g/mol. The van der Waals surface area contributed by atoms with Crippen LogP contribution >= 0.6 is 0 Å². The molecule has 0 aromatic heterocycles. The van der Waals surface area contributed by atoms with Crippen LogP contribution < -0.4 is 5.32 Å². The van der Waals surface area contributed by atoms with E-state index in [4.69, 9.17) is 5.32 Å². The third-order valence-corrected chi connectivity index (χ3v) is 4.79. The van der Waals surface area contributed by atoms with Crippen LogP contribution in [0.3, 0.4) is 0 Å². The maximum Gasteiger partial charge on any atom is 0.0708 e. The van der Waals surface area contributed by atoms with Crippen molar-refractivity contribution < 1.29 is 0 Å². The largest absolute Gasteiger partial charge is 0.252 e. The highest BCUT2D eigenvalue weighted by Crippen LogP contribution is 2.47. The van der Waals surface area contributed by atoms with Gasteiger partial charge in [-0.3, -0.25) is 5.32 Å². The first-order valence-corrected chi connectivity index (χ1v) is 7.85. The van der Waals surface area contributed by atoms with E-state index in [1.54, 1.807) is 5.57 Å². The lowest BCUT2D eigenvalue weighted by Crippen LogP contribution is -2.21. The summed E-state index contributed by atoms with van der Waals surface area (Å²) in [5.41, 5.74) is 5.60. The van der Waals surface area contributed by atoms with Crippen molar-refractivity contribution in [3.63, 3.8) is 0 Å². The maximum atomic E-state index is 4.96. The van der Waals surface area contributed by atoms with Gasteiger partial charge in [-0.05, 0) is 36.8 Å². The maximum absolute atomic E-state index is 4.96. The molecule has 1 nitrogen and oxygen atoms in total. The van der Waals surface area contributed by atoms with E-state index in [1.807, 2.05) is 0 Å². The number of allylic oxidation sites excluding steroid dienone is 2. The van der Waals surface area contributed by atoms with Gasteiger partial charge >= 0.3 is 0 Å². The van der Waals surface area contributed by atoms with E-state index < -0.39 is 0 Å². The molecule has 1 aliphatic heterocycles. The molecule has 0 bridgehead atoms. The number of nitrogens with zero attached hydrogens (tertiary/aromatic N) is 1. The van der Waals surface area contributed by atoms with E-state index in [0.717, 1.165) is 5.92 Å². The highest BCUT2D eigenvalue weighted by atomic mass is 14.9. The molecule has 0 N–H and O–H groups in total. The van der Waals surface area contributed by atoms with Gasteiger partial charge in [0.1, 0.15) is 0 Å². The van der Waals surface area contributed by atoms with Gasteiger partial charge in [0.05, 0.1) is 5.69 Å². The molecule has 1 aromatic rings. The molecule has 0 saturated heterocycles. The summed E-state index contributed by atoms with van der Waals surface area (Å²) in [5, 5.41) is 4.96. The fourth-order valence-electron chi connectivity index (χ4n) is 3.61. The summed E-state index contributed by atoms with van der Waals surface area (Å²) in [7, 11) is 0. The quantitative estimate of drug-likeness (QED) is 0.650. The summed E-state index contributed by atoms with van der Waals surface area (Å²) < 4.78 is 0. The van der Waals surface area contributed by atoms with E-state index in [9.17, 15) is 0 Å². The molecule has 0 saturated carbocycles. The number of fused-ring (bicyclic) bond motifs is 2. The molecule has 1 radical (unpaired) electrons. The standard InChI is InChI=1S/C18H24N/c1-3-4-5-8-14-13(2)11-12-16-15-9-6-7-10-17(15)19-18(14)16/h6-7,9-10,13-14H,3-5,8,11-12H2,1-2H3. The highest BCUT2D eigenvalue weighted by molar-refractivity contribution is 5.82. The molecule has 1 aliphatic carbocycles. The van der Waals surface area contributed by atoms with Crippen molar-refractivity contribution in [3.05, 3.63) is 35.5 Å². The Morgan fingerprint density at radius 1 is 1.21 bits per heavy atom. The number of hydrogen-bond donors (Lipinski definition) is 0. The van der Waals surface area contributed by atoms with Crippen molar-refractivity contribution in [1.82, 2.24) is 5.32 Å². The van der Waals surface area contributed by atoms with E-state index in [0.29, 0.717) is 5.92 Å². The van der Waals surface area contributed by atoms with Crippen molar-refractivity contribution >= 4 is 11.3 Å². The number of benzene rings is 1. The van der Waals surface area contributed by atoms with Gasteiger partial charge in [-0.1, -0.05) is 51.3 Å². The monoisotopic (exact) mass is 254 g/mol. The summed E-state index contributed by atoms with van der Waals surface area (Å²) in [6, 6.07) is 8.67. The summed E-state index contributed by atoms with van der Waals surface area (Å²) in [6.45, 7) is 4.70. The average Bonchev–Trinajstić information content (AvgIpc) is 2.80. The predicted octanol–water partition coefficient (Wildman–Crippen LogP) is 5.27. The molecule has 1 aromatic carbocycles. The van der Waals surface area contributed by atoms with Gasteiger partial charge in [-0.15, -0.1) is 0 Å². The zero-order valence-corrected chi connectivity index (χ0v) is 12.2. The molecule has 1 heteroatoms. The Bertz CT molecular complexity index is 486. The van der Waals surface area contributed by atoms with Gasteiger partial charge < -0.3 is 0 Å². The topological polar surface area (TPSA) is 14.1 Å². The Morgan fingerprint density at radius 3 is 2.89 bits per heavy atom. The fourth-order valence-corrected chi connectivity index (χ4v) is 3.61. The van der Waals surface area contributed by atoms with Crippen molar-refractivity contribution in [2.45, 2.75) is 52.4 Å². The van der Waals surface area contributed by atoms with Gasteiger partial charge in [-0.25, -0.2) is 0 Å². The summed E-state index contributed by atoms with van der Waals surface area (Å²) >= 11 is 0. The Balaban J connectivity index is 1.84. The van der Waals surface area contributed by atoms with E-state index in [-0.39, 0.29) is 0 Å². The van der Waals surface area contributed by atoms with Gasteiger partial charge in [0.25, 0.3) is 0 Å². The van der Waals surface area contributed by atoms with Gasteiger partial charge in [0.15, 0.2) is 0 Å². The molecule has 2 unspecified atom stereocenters. The molecule has 19 heavy (non-hydrogen) atoms. The first kappa shape index (κ1) is 12.8. The molecule has 3 rings (SSSR count). The second-order valence-electron chi connectivity index (χ2n) is 6.11. The molecule has 0 fully saturated rings. The molecule has 101 valence electrons. The minimum Gasteiger partial charge on any atom is -0.252 e. The predicted molar refractivity (Wildman–Crippen MR) is 81.2 cm³/mol. The number of unbranched alkanes of at least 4 members (excludes halogenated alkanes) is 2. The van der Waals surface area contributed by atoms with Crippen LogP contribution in [0.25, 0.3) is 5.57 Å². The fraction of sp³-hybridized carbons (Fsp3) is 0.556. The Kier molecular flexibility index (Phi) is 3.63. The number of para-hydroxylation sites is 1. The normalized spacial score (nSPS) is 24.9. The van der Waals surface area contributed by atoms with Crippen LogP contribution in [0.4, 0.5) is 5.69 Å². The molecule has 2 aliphatic rings. The Morgan fingerprint density at radius 2 is 2.05 bits per heavy atom.